The molecule has 2 aromatic carbocycles. The molecule has 5 atom stereocenters. The van der Waals surface area contributed by atoms with Gasteiger partial charge >= 0.3 is 0 Å². The van der Waals surface area contributed by atoms with Crippen LogP contribution >= 0.6 is 0 Å². The lowest BCUT2D eigenvalue weighted by atomic mass is 9.57. The zero-order valence-corrected chi connectivity index (χ0v) is 21.0. The Morgan fingerprint density at radius 2 is 2.03 bits per heavy atom. The average Bonchev–Trinajstić information content (AvgIpc) is 3.15. The van der Waals surface area contributed by atoms with Gasteiger partial charge in [-0.3, -0.25) is 14.7 Å². The number of fused-ring (bicyclic) bond motifs is 2. The van der Waals surface area contributed by atoms with Crippen LogP contribution in [0.2, 0.25) is 0 Å². The second-order valence-corrected chi connectivity index (χ2v) is 11.2. The fourth-order valence-corrected chi connectivity index (χ4v) is 7.22. The van der Waals surface area contributed by atoms with Gasteiger partial charge in [0.25, 0.3) is 0 Å². The van der Waals surface area contributed by atoms with Crippen LogP contribution in [0.25, 0.3) is 10.8 Å². The zero-order chi connectivity index (χ0) is 24.6. The molecule has 6 N–H and O–H groups in total. The molecule has 0 spiro atoms. The second kappa shape index (κ2) is 9.78. The summed E-state index contributed by atoms with van der Waals surface area (Å²) in [6.07, 6.45) is 2.92. The van der Waals surface area contributed by atoms with E-state index in [1.807, 2.05) is 0 Å². The molecule has 6 rings (SSSR count). The van der Waals surface area contributed by atoms with Crippen LogP contribution in [0.4, 0.5) is 0 Å². The number of carbonyl (C=O) groups excluding carboxylic acids is 1. The van der Waals surface area contributed by atoms with Gasteiger partial charge in [0.1, 0.15) is 5.54 Å². The van der Waals surface area contributed by atoms with E-state index in [4.69, 9.17) is 11.5 Å². The van der Waals surface area contributed by atoms with Crippen molar-refractivity contribution in [3.8, 4) is 0 Å². The summed E-state index contributed by atoms with van der Waals surface area (Å²) in [6, 6.07) is 15.2. The van der Waals surface area contributed by atoms with Gasteiger partial charge in [-0.2, -0.15) is 0 Å². The molecule has 1 amide bonds. The maximum atomic E-state index is 14.0. The van der Waals surface area contributed by atoms with Crippen molar-refractivity contribution in [3.63, 3.8) is 0 Å². The maximum Gasteiger partial charge on any atom is 0.240 e. The number of rotatable bonds is 9. The number of benzene rings is 2. The Hall–Kier alpha value is -2.64. The van der Waals surface area contributed by atoms with Gasteiger partial charge in [0, 0.05) is 44.7 Å². The molecular weight excluding hydrogens is 436 g/mol. The average molecular weight is 477 g/mol. The summed E-state index contributed by atoms with van der Waals surface area (Å²) in [7, 11) is 0. The van der Waals surface area contributed by atoms with Crippen LogP contribution in [0.5, 0.6) is 0 Å². The molecule has 4 bridgehead atoms. The van der Waals surface area contributed by atoms with E-state index in [1.54, 1.807) is 0 Å². The predicted molar refractivity (Wildman–Crippen MR) is 142 cm³/mol. The van der Waals surface area contributed by atoms with Crippen molar-refractivity contribution in [2.45, 2.75) is 51.2 Å². The van der Waals surface area contributed by atoms with Crippen LogP contribution < -0.4 is 22.1 Å². The third-order valence-corrected chi connectivity index (χ3v) is 8.57. The number of hydrogen-bond acceptors (Lipinski definition) is 4. The third-order valence-electron chi connectivity index (χ3n) is 8.57. The van der Waals surface area contributed by atoms with Gasteiger partial charge in [0.2, 0.25) is 5.91 Å². The molecule has 1 saturated carbocycles. The number of nitrogens with one attached hydrogen (secondary N) is 2. The van der Waals surface area contributed by atoms with Crippen molar-refractivity contribution in [1.82, 2.24) is 15.5 Å². The number of likely N-dealkylation sites (tertiary alicyclic amines) is 1. The molecule has 35 heavy (non-hydrogen) atoms. The molecule has 7 nitrogen and oxygen atoms in total. The van der Waals surface area contributed by atoms with Crippen molar-refractivity contribution >= 4 is 22.6 Å². The van der Waals surface area contributed by atoms with E-state index in [9.17, 15) is 4.79 Å². The molecule has 188 valence electrons. The second-order valence-electron chi connectivity index (χ2n) is 11.2. The van der Waals surface area contributed by atoms with Crippen LogP contribution in [0.15, 0.2) is 47.5 Å². The van der Waals surface area contributed by atoms with Gasteiger partial charge in [-0.05, 0) is 53.4 Å². The summed E-state index contributed by atoms with van der Waals surface area (Å²) in [5, 5.41) is 9.55. The highest BCUT2D eigenvalue weighted by atomic mass is 16.2. The van der Waals surface area contributed by atoms with Crippen molar-refractivity contribution in [3.05, 3.63) is 48.0 Å². The lowest BCUT2D eigenvalue weighted by Gasteiger charge is -2.56. The van der Waals surface area contributed by atoms with Gasteiger partial charge < -0.3 is 22.1 Å². The molecule has 7 heteroatoms. The standard InChI is InChI=1S/C28H40N6O/c1-18(2)13-24-25-23-16-33-28(24,14-21(23)17-34(25)12-6-11-31-27(29)30)26(35)32-15-20-9-5-8-19-7-3-4-10-22(19)20/h3-5,7-10,18,21,23-25,33H,6,11-17H2,1-2H3,(H,32,35)(H4,29,30,31)/t21-,23-,24-,25+,28+/m1/s1. The molecule has 0 aromatic heterocycles. The Labute approximate surface area is 208 Å². The van der Waals surface area contributed by atoms with Crippen LogP contribution in [0.1, 0.15) is 38.7 Å². The fraction of sp³-hybridized carbons (Fsp3) is 0.571. The summed E-state index contributed by atoms with van der Waals surface area (Å²) in [6.45, 7) is 8.75. The number of aliphatic imine (C=N–C) groups is 1. The summed E-state index contributed by atoms with van der Waals surface area (Å²) in [5.41, 5.74) is 11.7. The minimum Gasteiger partial charge on any atom is -0.370 e. The number of carbonyl (C=O) groups is 1. The third kappa shape index (κ3) is 4.52. The van der Waals surface area contributed by atoms with Gasteiger partial charge in [-0.15, -0.1) is 0 Å². The van der Waals surface area contributed by atoms with Crippen molar-refractivity contribution in [1.29, 1.82) is 0 Å². The number of hydrogen-bond donors (Lipinski definition) is 4. The Morgan fingerprint density at radius 1 is 1.23 bits per heavy atom. The number of nitrogens with two attached hydrogens (primary N) is 2. The number of guanidine groups is 1. The highest BCUT2D eigenvalue weighted by Gasteiger charge is 2.64. The summed E-state index contributed by atoms with van der Waals surface area (Å²) >= 11 is 0. The Balaban J connectivity index is 1.35. The first-order valence-corrected chi connectivity index (χ1v) is 13.2. The number of piperidine rings is 2. The summed E-state index contributed by atoms with van der Waals surface area (Å²) in [4.78, 5) is 20.8. The first-order chi connectivity index (χ1) is 16.9. The highest BCUT2D eigenvalue weighted by Crippen LogP contribution is 2.53. The van der Waals surface area contributed by atoms with Gasteiger partial charge in [0.05, 0.1) is 0 Å². The molecule has 0 unspecified atom stereocenters. The molecule has 4 aliphatic rings. The van der Waals surface area contributed by atoms with Gasteiger partial charge in [-0.25, -0.2) is 0 Å². The summed E-state index contributed by atoms with van der Waals surface area (Å²) < 4.78 is 0. The Kier molecular flexibility index (Phi) is 6.73. The van der Waals surface area contributed by atoms with E-state index < -0.39 is 5.54 Å². The smallest absolute Gasteiger partial charge is 0.240 e. The van der Waals surface area contributed by atoms with E-state index >= 15 is 0 Å². The van der Waals surface area contributed by atoms with Crippen LogP contribution in [0, 0.1) is 23.7 Å². The van der Waals surface area contributed by atoms with Crippen molar-refractivity contribution in [2.75, 3.05) is 26.2 Å². The molecule has 3 heterocycles. The topological polar surface area (TPSA) is 109 Å². The first kappa shape index (κ1) is 24.1. The van der Waals surface area contributed by atoms with Gasteiger partial charge in [-0.1, -0.05) is 56.3 Å². The molecule has 3 aliphatic heterocycles. The normalized spacial score (nSPS) is 29.6. The Bertz CT molecular complexity index is 1090. The van der Waals surface area contributed by atoms with Crippen molar-refractivity contribution in [2.24, 2.45) is 40.1 Å². The monoisotopic (exact) mass is 476 g/mol. The largest absolute Gasteiger partial charge is 0.370 e. The summed E-state index contributed by atoms with van der Waals surface area (Å²) in [5.74, 6) is 2.35. The Morgan fingerprint density at radius 3 is 2.83 bits per heavy atom. The number of nitrogens with zero attached hydrogens (tertiary/aromatic N) is 2. The highest BCUT2D eigenvalue weighted by molar-refractivity contribution is 5.89. The van der Waals surface area contributed by atoms with Crippen molar-refractivity contribution < 1.29 is 4.79 Å². The lowest BCUT2D eigenvalue weighted by Crippen LogP contribution is -2.74. The molecule has 3 saturated heterocycles. The van der Waals surface area contributed by atoms with Crippen LogP contribution in [-0.4, -0.2) is 54.5 Å². The molecule has 1 aliphatic carbocycles. The zero-order valence-electron chi connectivity index (χ0n) is 21.0. The minimum atomic E-state index is -0.493. The van der Waals surface area contributed by atoms with E-state index in [0.717, 1.165) is 38.9 Å². The van der Waals surface area contributed by atoms with E-state index in [2.05, 4.69) is 76.8 Å². The van der Waals surface area contributed by atoms with Crippen LogP contribution in [-0.2, 0) is 11.3 Å². The molecule has 4 fully saturated rings. The first-order valence-electron chi connectivity index (χ1n) is 13.2. The predicted octanol–water partition coefficient (Wildman–Crippen LogP) is 2.44. The minimum absolute atomic E-state index is 0.160. The molecule has 2 aromatic rings. The lowest BCUT2D eigenvalue weighted by molar-refractivity contribution is -0.139. The number of amides is 1. The fourth-order valence-electron chi connectivity index (χ4n) is 7.22. The molecular formula is C28H40N6O. The quantitative estimate of drug-likeness (QED) is 0.253. The molecule has 0 radical (unpaired) electrons. The van der Waals surface area contributed by atoms with Crippen LogP contribution in [0.3, 0.4) is 0 Å². The van der Waals surface area contributed by atoms with Gasteiger partial charge in [0.15, 0.2) is 5.96 Å². The van der Waals surface area contributed by atoms with E-state index in [-0.39, 0.29) is 11.9 Å². The maximum absolute atomic E-state index is 14.0. The SMILES string of the molecule is CC(C)C[C@@H]1[C@@H]2[C@@H]3CN[C@@]1(C(=O)NCc1cccc4ccccc14)C[C@@H]3CN2CCCN=C(N)N. The van der Waals surface area contributed by atoms with E-state index in [0.29, 0.717) is 42.8 Å². The van der Waals surface area contributed by atoms with E-state index in [1.165, 1.54) is 16.3 Å².